The normalized spacial score (nSPS) is 22.4. The van der Waals surface area contributed by atoms with Gasteiger partial charge in [-0.2, -0.15) is 0 Å². The minimum atomic E-state index is -0.0419. The topological polar surface area (TPSA) is 37.4 Å². The largest absolute Gasteiger partial charge is 0.272 e. The van der Waals surface area contributed by atoms with Crippen LogP contribution in [0.4, 0.5) is 0 Å². The molecule has 0 fully saturated rings. The Kier molecular flexibility index (Phi) is 2.17. The first kappa shape index (κ1) is 9.44. The lowest BCUT2D eigenvalue weighted by Crippen LogP contribution is -2.37. The second kappa shape index (κ2) is 3.23. The molecule has 14 heavy (non-hydrogen) atoms. The second-order valence-electron chi connectivity index (χ2n) is 4.24. The van der Waals surface area contributed by atoms with Gasteiger partial charge >= 0.3 is 0 Å². The Morgan fingerprint density at radius 1 is 1.00 bits per heavy atom. The fourth-order valence-electron chi connectivity index (χ4n) is 2.23. The van der Waals surface area contributed by atoms with Crippen molar-refractivity contribution in [1.82, 2.24) is 4.90 Å². The zero-order valence-corrected chi connectivity index (χ0v) is 8.67. The number of amides is 2. The minimum absolute atomic E-state index is 0.0133. The Labute approximate surface area is 83.8 Å². The number of carbonyl (C=O) groups is 2. The first-order chi connectivity index (χ1) is 6.63. The molecule has 0 saturated carbocycles. The van der Waals surface area contributed by atoms with Gasteiger partial charge in [-0.1, -0.05) is 0 Å². The van der Waals surface area contributed by atoms with E-state index in [1.807, 2.05) is 13.8 Å². The number of hydrogen-bond donors (Lipinski definition) is 0. The van der Waals surface area contributed by atoms with Crippen molar-refractivity contribution in [3.8, 4) is 0 Å². The molecular weight excluding hydrogens is 178 g/mol. The van der Waals surface area contributed by atoms with Crippen molar-refractivity contribution in [1.29, 1.82) is 0 Å². The summed E-state index contributed by atoms with van der Waals surface area (Å²) in [7, 11) is 0. The Balaban J connectivity index is 2.35. The van der Waals surface area contributed by atoms with E-state index < -0.39 is 0 Å². The van der Waals surface area contributed by atoms with E-state index in [0.29, 0.717) is 0 Å². The molecule has 0 aromatic heterocycles. The van der Waals surface area contributed by atoms with Gasteiger partial charge in [0.05, 0.1) is 0 Å². The molecule has 76 valence electrons. The highest BCUT2D eigenvalue weighted by Gasteiger charge is 2.39. The molecule has 3 heteroatoms. The van der Waals surface area contributed by atoms with Crippen molar-refractivity contribution in [2.24, 2.45) is 0 Å². The van der Waals surface area contributed by atoms with E-state index in [4.69, 9.17) is 0 Å². The monoisotopic (exact) mass is 193 g/mol. The lowest BCUT2D eigenvalue weighted by Gasteiger charge is -2.18. The summed E-state index contributed by atoms with van der Waals surface area (Å²) >= 11 is 0. The van der Waals surface area contributed by atoms with Crippen LogP contribution in [0, 0.1) is 0 Å². The number of imide groups is 1. The molecule has 1 aliphatic heterocycles. The summed E-state index contributed by atoms with van der Waals surface area (Å²) in [6, 6.07) is -0.0133. The third-order valence-corrected chi connectivity index (χ3v) is 2.94. The number of rotatable bonds is 1. The summed E-state index contributed by atoms with van der Waals surface area (Å²) in [6.07, 6.45) is 3.68. The fourth-order valence-corrected chi connectivity index (χ4v) is 2.23. The standard InChI is InChI=1S/C11H15NO2/c1-7(2)12-10(13)8-5-3-4-6-9(8)11(12)14/h7H,3-6H2,1-2H3. The van der Waals surface area contributed by atoms with Gasteiger partial charge in [0.2, 0.25) is 0 Å². The van der Waals surface area contributed by atoms with Gasteiger partial charge in [0, 0.05) is 17.2 Å². The molecule has 3 nitrogen and oxygen atoms in total. The highest BCUT2D eigenvalue weighted by Crippen LogP contribution is 2.33. The van der Waals surface area contributed by atoms with Crippen molar-refractivity contribution >= 4 is 11.8 Å². The van der Waals surface area contributed by atoms with E-state index in [1.54, 1.807) is 0 Å². The van der Waals surface area contributed by atoms with Crippen LogP contribution < -0.4 is 0 Å². The van der Waals surface area contributed by atoms with Crippen LogP contribution in [-0.4, -0.2) is 22.8 Å². The molecule has 0 atom stereocenters. The molecule has 2 amide bonds. The maximum absolute atomic E-state index is 11.8. The first-order valence-corrected chi connectivity index (χ1v) is 5.23. The predicted octanol–water partition coefficient (Wildman–Crippen LogP) is 1.63. The summed E-state index contributed by atoms with van der Waals surface area (Å²) < 4.78 is 0. The van der Waals surface area contributed by atoms with Crippen molar-refractivity contribution < 1.29 is 9.59 Å². The lowest BCUT2D eigenvalue weighted by atomic mass is 9.93. The molecule has 0 unspecified atom stereocenters. The van der Waals surface area contributed by atoms with Gasteiger partial charge in [0.1, 0.15) is 0 Å². The number of hydrogen-bond acceptors (Lipinski definition) is 2. The molecule has 0 radical (unpaired) electrons. The molecule has 0 saturated heterocycles. The van der Waals surface area contributed by atoms with E-state index in [-0.39, 0.29) is 17.9 Å². The highest BCUT2D eigenvalue weighted by molar-refractivity contribution is 6.19. The molecule has 0 N–H and O–H groups in total. The molecule has 1 aliphatic carbocycles. The van der Waals surface area contributed by atoms with Crippen molar-refractivity contribution in [2.75, 3.05) is 0 Å². The van der Waals surface area contributed by atoms with Gasteiger partial charge in [0.15, 0.2) is 0 Å². The molecule has 0 spiro atoms. The quantitative estimate of drug-likeness (QED) is 0.593. The molecule has 0 aromatic rings. The summed E-state index contributed by atoms with van der Waals surface area (Å²) in [5.41, 5.74) is 1.57. The molecule has 2 rings (SSSR count). The van der Waals surface area contributed by atoms with Gasteiger partial charge < -0.3 is 0 Å². The zero-order chi connectivity index (χ0) is 10.3. The molecular formula is C11H15NO2. The zero-order valence-electron chi connectivity index (χ0n) is 8.67. The van der Waals surface area contributed by atoms with E-state index in [9.17, 15) is 9.59 Å². The van der Waals surface area contributed by atoms with E-state index in [2.05, 4.69) is 0 Å². The van der Waals surface area contributed by atoms with E-state index in [1.165, 1.54) is 4.90 Å². The van der Waals surface area contributed by atoms with Gasteiger partial charge in [-0.25, -0.2) is 0 Å². The molecule has 1 heterocycles. The van der Waals surface area contributed by atoms with Crippen LogP contribution in [0.15, 0.2) is 11.1 Å². The van der Waals surface area contributed by atoms with E-state index in [0.717, 1.165) is 36.8 Å². The van der Waals surface area contributed by atoms with Crippen LogP contribution >= 0.6 is 0 Å². The van der Waals surface area contributed by atoms with Gasteiger partial charge in [-0.05, 0) is 39.5 Å². The highest BCUT2D eigenvalue weighted by atomic mass is 16.2. The van der Waals surface area contributed by atoms with Crippen molar-refractivity contribution in [2.45, 2.75) is 45.6 Å². The Hall–Kier alpha value is -1.12. The van der Waals surface area contributed by atoms with Crippen molar-refractivity contribution in [3.05, 3.63) is 11.1 Å². The van der Waals surface area contributed by atoms with Crippen molar-refractivity contribution in [3.63, 3.8) is 0 Å². The number of carbonyl (C=O) groups excluding carboxylic acids is 2. The van der Waals surface area contributed by atoms with E-state index >= 15 is 0 Å². The van der Waals surface area contributed by atoms with Gasteiger partial charge in [-0.15, -0.1) is 0 Å². The Morgan fingerprint density at radius 3 is 1.79 bits per heavy atom. The Morgan fingerprint density at radius 2 is 1.43 bits per heavy atom. The van der Waals surface area contributed by atoms with Crippen LogP contribution in [0.1, 0.15) is 39.5 Å². The van der Waals surface area contributed by atoms with Crippen LogP contribution in [0.2, 0.25) is 0 Å². The fraction of sp³-hybridized carbons (Fsp3) is 0.636. The van der Waals surface area contributed by atoms with Crippen LogP contribution in [-0.2, 0) is 9.59 Å². The molecule has 2 aliphatic rings. The second-order valence-corrected chi connectivity index (χ2v) is 4.24. The predicted molar refractivity (Wildman–Crippen MR) is 52.5 cm³/mol. The Bertz CT molecular complexity index is 300. The molecule has 0 aromatic carbocycles. The SMILES string of the molecule is CC(C)N1C(=O)C2=C(CCCC2)C1=O. The summed E-state index contributed by atoms with van der Waals surface area (Å²) in [6.45, 7) is 3.77. The average Bonchev–Trinajstić information content (AvgIpc) is 2.41. The first-order valence-electron chi connectivity index (χ1n) is 5.23. The maximum Gasteiger partial charge on any atom is 0.257 e. The van der Waals surface area contributed by atoms with Gasteiger partial charge in [-0.3, -0.25) is 14.5 Å². The maximum atomic E-state index is 11.8. The lowest BCUT2D eigenvalue weighted by molar-refractivity contribution is -0.139. The van der Waals surface area contributed by atoms with Gasteiger partial charge in [0.25, 0.3) is 11.8 Å². The third kappa shape index (κ3) is 1.19. The summed E-state index contributed by atoms with van der Waals surface area (Å²) in [5.74, 6) is -0.0839. The van der Waals surface area contributed by atoms with Crippen LogP contribution in [0.3, 0.4) is 0 Å². The smallest absolute Gasteiger partial charge is 0.257 e. The van der Waals surface area contributed by atoms with Crippen LogP contribution in [0.25, 0.3) is 0 Å². The minimum Gasteiger partial charge on any atom is -0.272 e. The summed E-state index contributed by atoms with van der Waals surface area (Å²) in [5, 5.41) is 0. The third-order valence-electron chi connectivity index (χ3n) is 2.94. The number of nitrogens with zero attached hydrogens (tertiary/aromatic N) is 1. The average molecular weight is 193 g/mol. The van der Waals surface area contributed by atoms with Crippen LogP contribution in [0.5, 0.6) is 0 Å². The molecule has 0 bridgehead atoms. The summed E-state index contributed by atoms with van der Waals surface area (Å²) in [4.78, 5) is 25.1.